The lowest BCUT2D eigenvalue weighted by Gasteiger charge is -2.18. The van der Waals surface area contributed by atoms with Gasteiger partial charge in [-0.15, -0.1) is 11.3 Å². The molecule has 25 heavy (non-hydrogen) atoms. The van der Waals surface area contributed by atoms with Crippen LogP contribution in [0.15, 0.2) is 18.2 Å². The summed E-state index contributed by atoms with van der Waals surface area (Å²) in [6, 6.07) is 7.44. The molecule has 0 radical (unpaired) electrons. The molecule has 0 atom stereocenters. The summed E-state index contributed by atoms with van der Waals surface area (Å²) >= 11 is 1.54. The number of rotatable bonds is 2. The van der Waals surface area contributed by atoms with E-state index in [-0.39, 0.29) is 5.91 Å². The van der Waals surface area contributed by atoms with Crippen molar-refractivity contribution in [2.24, 2.45) is 0 Å². The highest BCUT2D eigenvalue weighted by Gasteiger charge is 2.22. The van der Waals surface area contributed by atoms with Crippen LogP contribution in [-0.4, -0.2) is 19.1 Å². The van der Waals surface area contributed by atoms with E-state index in [4.69, 9.17) is 9.47 Å². The number of nitrogens with one attached hydrogen (secondary N) is 1. The first-order valence-corrected chi connectivity index (χ1v) is 9.33. The van der Waals surface area contributed by atoms with Crippen LogP contribution in [-0.2, 0) is 12.8 Å². The first-order valence-electron chi connectivity index (χ1n) is 8.52. The van der Waals surface area contributed by atoms with E-state index in [2.05, 4.69) is 11.4 Å². The standard InChI is InChI=1S/C19H18N2O3S/c20-11-14-13-4-2-1-3-5-17(13)25-19(14)21-18(22)12-6-7-15-16(10-12)24-9-8-23-15/h6-7,10H,1-5,8-9H2,(H,21,22). The summed E-state index contributed by atoms with van der Waals surface area (Å²) in [7, 11) is 0. The lowest BCUT2D eigenvalue weighted by molar-refractivity contribution is 0.102. The minimum absolute atomic E-state index is 0.232. The van der Waals surface area contributed by atoms with E-state index in [1.807, 2.05) is 0 Å². The zero-order chi connectivity index (χ0) is 17.2. The van der Waals surface area contributed by atoms with Crippen LogP contribution in [0.1, 0.15) is 45.6 Å². The number of carbonyl (C=O) groups is 1. The number of thiophene rings is 1. The molecule has 128 valence electrons. The number of aryl methyl sites for hydroxylation is 1. The molecule has 2 aromatic rings. The normalized spacial score (nSPS) is 15.6. The van der Waals surface area contributed by atoms with Gasteiger partial charge >= 0.3 is 0 Å². The number of nitriles is 1. The molecule has 0 fully saturated rings. The number of anilines is 1. The summed E-state index contributed by atoms with van der Waals surface area (Å²) in [6.45, 7) is 0.999. The summed E-state index contributed by atoms with van der Waals surface area (Å²) in [5, 5.41) is 13.1. The number of hydrogen-bond acceptors (Lipinski definition) is 5. The largest absolute Gasteiger partial charge is 0.486 e. The maximum absolute atomic E-state index is 12.6. The fourth-order valence-corrected chi connectivity index (χ4v) is 4.54. The number of amides is 1. The van der Waals surface area contributed by atoms with Gasteiger partial charge in [-0.05, 0) is 49.4 Å². The molecule has 4 rings (SSSR count). The van der Waals surface area contributed by atoms with Crippen LogP contribution in [0.5, 0.6) is 11.5 Å². The Morgan fingerprint density at radius 2 is 1.92 bits per heavy atom. The van der Waals surface area contributed by atoms with Crippen LogP contribution in [0, 0.1) is 11.3 Å². The van der Waals surface area contributed by atoms with Crippen molar-refractivity contribution >= 4 is 22.2 Å². The maximum atomic E-state index is 12.6. The molecule has 0 spiro atoms. The van der Waals surface area contributed by atoms with E-state index >= 15 is 0 Å². The van der Waals surface area contributed by atoms with Gasteiger partial charge in [0.2, 0.25) is 0 Å². The number of hydrogen-bond donors (Lipinski definition) is 1. The van der Waals surface area contributed by atoms with Gasteiger partial charge in [0.15, 0.2) is 11.5 Å². The molecule has 1 aromatic heterocycles. The number of benzene rings is 1. The Hall–Kier alpha value is -2.52. The van der Waals surface area contributed by atoms with Gasteiger partial charge in [0.25, 0.3) is 5.91 Å². The van der Waals surface area contributed by atoms with Gasteiger partial charge < -0.3 is 14.8 Å². The lowest BCUT2D eigenvalue weighted by Crippen LogP contribution is -2.17. The predicted molar refractivity (Wildman–Crippen MR) is 95.7 cm³/mol. The Bertz CT molecular complexity index is 866. The Labute approximate surface area is 150 Å². The molecule has 1 amide bonds. The van der Waals surface area contributed by atoms with Crippen molar-refractivity contribution in [1.29, 1.82) is 5.26 Å². The van der Waals surface area contributed by atoms with E-state index in [1.165, 1.54) is 11.3 Å². The van der Waals surface area contributed by atoms with Gasteiger partial charge in [0, 0.05) is 10.4 Å². The number of carbonyl (C=O) groups excluding carboxylic acids is 1. The van der Waals surface area contributed by atoms with Gasteiger partial charge in [-0.2, -0.15) is 5.26 Å². The fraction of sp³-hybridized carbons (Fsp3) is 0.368. The van der Waals surface area contributed by atoms with Crippen molar-refractivity contribution < 1.29 is 14.3 Å². The summed E-state index contributed by atoms with van der Waals surface area (Å²) in [5.41, 5.74) is 2.26. The molecule has 6 heteroatoms. The predicted octanol–water partition coefficient (Wildman–Crippen LogP) is 3.91. The molecule has 2 aliphatic rings. The summed E-state index contributed by atoms with van der Waals surface area (Å²) < 4.78 is 11.0. The van der Waals surface area contributed by atoms with E-state index in [0.29, 0.717) is 40.8 Å². The molecule has 2 heterocycles. The molecular weight excluding hydrogens is 336 g/mol. The van der Waals surface area contributed by atoms with Crippen LogP contribution >= 0.6 is 11.3 Å². The second-order valence-electron chi connectivity index (χ2n) is 6.19. The molecule has 0 saturated carbocycles. The molecule has 5 nitrogen and oxygen atoms in total. The summed E-state index contributed by atoms with van der Waals surface area (Å²) in [4.78, 5) is 13.9. The molecule has 0 bridgehead atoms. The SMILES string of the molecule is N#Cc1c(NC(=O)c2ccc3c(c2)OCCO3)sc2c1CCCCC2. The maximum Gasteiger partial charge on any atom is 0.256 e. The molecule has 0 unspecified atom stereocenters. The smallest absolute Gasteiger partial charge is 0.256 e. The van der Waals surface area contributed by atoms with E-state index in [9.17, 15) is 10.1 Å². The van der Waals surface area contributed by atoms with Crippen molar-refractivity contribution in [3.63, 3.8) is 0 Å². The van der Waals surface area contributed by atoms with Gasteiger partial charge in [-0.1, -0.05) is 6.42 Å². The topological polar surface area (TPSA) is 71.4 Å². The molecule has 1 aliphatic heterocycles. The van der Waals surface area contributed by atoms with Crippen LogP contribution in [0.2, 0.25) is 0 Å². The van der Waals surface area contributed by atoms with Crippen LogP contribution < -0.4 is 14.8 Å². The molecular formula is C19H18N2O3S. The highest BCUT2D eigenvalue weighted by Crippen LogP contribution is 2.37. The van der Waals surface area contributed by atoms with Crippen molar-refractivity contribution in [3.05, 3.63) is 39.8 Å². The highest BCUT2D eigenvalue weighted by molar-refractivity contribution is 7.16. The highest BCUT2D eigenvalue weighted by atomic mass is 32.1. The Kier molecular flexibility index (Phi) is 4.33. The zero-order valence-corrected chi connectivity index (χ0v) is 14.6. The molecule has 1 N–H and O–H groups in total. The van der Waals surface area contributed by atoms with Gasteiger partial charge in [0.1, 0.15) is 24.3 Å². The average Bonchev–Trinajstić information content (AvgIpc) is 2.80. The Morgan fingerprint density at radius 1 is 1.12 bits per heavy atom. The van der Waals surface area contributed by atoms with E-state index in [0.717, 1.165) is 31.2 Å². The monoisotopic (exact) mass is 354 g/mol. The number of ether oxygens (including phenoxy) is 2. The second-order valence-corrected chi connectivity index (χ2v) is 7.30. The van der Waals surface area contributed by atoms with Gasteiger partial charge in [-0.25, -0.2) is 0 Å². The van der Waals surface area contributed by atoms with Crippen LogP contribution in [0.3, 0.4) is 0 Å². The van der Waals surface area contributed by atoms with Crippen molar-refractivity contribution in [1.82, 2.24) is 0 Å². The average molecular weight is 354 g/mol. The second kappa shape index (κ2) is 6.77. The third-order valence-corrected chi connectivity index (χ3v) is 5.77. The lowest BCUT2D eigenvalue weighted by atomic mass is 10.1. The van der Waals surface area contributed by atoms with Crippen molar-refractivity contribution in [3.8, 4) is 17.6 Å². The number of nitrogens with zero attached hydrogens (tertiary/aromatic N) is 1. The molecule has 0 saturated heterocycles. The quantitative estimate of drug-likeness (QED) is 0.830. The minimum atomic E-state index is -0.232. The van der Waals surface area contributed by atoms with E-state index in [1.54, 1.807) is 29.5 Å². The molecule has 1 aromatic carbocycles. The first-order chi connectivity index (χ1) is 12.3. The minimum Gasteiger partial charge on any atom is -0.486 e. The van der Waals surface area contributed by atoms with Crippen LogP contribution in [0.25, 0.3) is 0 Å². The van der Waals surface area contributed by atoms with Gasteiger partial charge in [0.05, 0.1) is 5.56 Å². The molecule has 1 aliphatic carbocycles. The zero-order valence-electron chi connectivity index (χ0n) is 13.8. The Balaban J connectivity index is 1.60. The summed E-state index contributed by atoms with van der Waals surface area (Å²) in [5.74, 6) is 1.01. The van der Waals surface area contributed by atoms with Crippen LogP contribution in [0.4, 0.5) is 5.00 Å². The Morgan fingerprint density at radius 3 is 2.76 bits per heavy atom. The number of fused-ring (bicyclic) bond motifs is 2. The van der Waals surface area contributed by atoms with Crippen molar-refractivity contribution in [2.45, 2.75) is 32.1 Å². The van der Waals surface area contributed by atoms with Gasteiger partial charge in [-0.3, -0.25) is 4.79 Å². The third kappa shape index (κ3) is 3.08. The fourth-order valence-electron chi connectivity index (χ4n) is 3.31. The third-order valence-electron chi connectivity index (χ3n) is 4.56. The van der Waals surface area contributed by atoms with E-state index < -0.39 is 0 Å². The van der Waals surface area contributed by atoms with Crippen molar-refractivity contribution in [2.75, 3.05) is 18.5 Å². The first kappa shape index (κ1) is 16.0. The summed E-state index contributed by atoms with van der Waals surface area (Å²) in [6.07, 6.45) is 5.37.